The third-order valence-electron chi connectivity index (χ3n) is 24.8. The van der Waals surface area contributed by atoms with E-state index >= 15 is 24.0 Å². The maximum atomic E-state index is 16.7. The number of aromatic hydroxyl groups is 3. The van der Waals surface area contributed by atoms with Crippen LogP contribution in [0.25, 0.3) is 11.1 Å². The third kappa shape index (κ3) is 24.7. The molecule has 3 fully saturated rings. The number of rotatable bonds is 27. The molecular formula is C95H106Cl2F3N13O30. The SMILES string of the molecule is CN[C@H](CC(C)C)C(=O)NC1C(=O)NC(CC(N)=O)C(=O)N[C@H]2C(=O)N[C@H]3C(=O)N[C@H](C(=O)NC(C(=O)O)c4cc(O)c(CNCCc5ccncc5)c(O)c4-c4cc3ccc4O)[C@H](O[C@H]3C[C@](C)(N)[C@@H](O)[C@H](C)O3)c3ccc(c(Cl)c3)Oc3cc2cc(c3O[C@@H]2O[C@H](CO)[C@@H](O[C@@H]3O[C@H](CNCc4cccc(NC(=O)c5cccc(OC(F)(F)F)c5)c4)[C@H](O)[C@H](O)[C@H]3O)[C@H](O)[C@H]2O)Oc2ccc(cc2Cl)[C@H]1O. The van der Waals surface area contributed by atoms with Gasteiger partial charge in [0.1, 0.15) is 126 Å². The van der Waals surface area contributed by atoms with Crippen molar-refractivity contribution in [3.8, 4) is 62.9 Å². The first-order chi connectivity index (χ1) is 67.8. The van der Waals surface area contributed by atoms with E-state index in [1.165, 1.54) is 63.4 Å². The zero-order valence-corrected chi connectivity index (χ0v) is 78.2. The van der Waals surface area contributed by atoms with E-state index < -0.39 is 309 Å². The van der Waals surface area contributed by atoms with Gasteiger partial charge in [0.25, 0.3) is 5.91 Å². The van der Waals surface area contributed by atoms with Crippen molar-refractivity contribution in [2.24, 2.45) is 17.4 Å². The number of carboxylic acids is 1. The predicted molar refractivity (Wildman–Crippen MR) is 494 cm³/mol. The lowest BCUT2D eigenvalue weighted by molar-refractivity contribution is -0.350. The van der Waals surface area contributed by atoms with Gasteiger partial charge in [-0.05, 0) is 177 Å². The van der Waals surface area contributed by atoms with Crippen LogP contribution in [-0.4, -0.2) is 262 Å². The van der Waals surface area contributed by atoms with Gasteiger partial charge < -0.3 is 169 Å². The third-order valence-corrected chi connectivity index (χ3v) is 25.4. The molecule has 7 aromatic carbocycles. The number of pyridine rings is 1. The van der Waals surface area contributed by atoms with Crippen molar-refractivity contribution < 1.29 is 160 Å². The van der Waals surface area contributed by atoms with Gasteiger partial charge >= 0.3 is 12.3 Å². The quantitative estimate of drug-likeness (QED) is 0.0329. The van der Waals surface area contributed by atoms with Gasteiger partial charge in [0.2, 0.25) is 53.4 Å². The number of aromatic nitrogens is 1. The monoisotopic (exact) mass is 2040 g/mol. The van der Waals surface area contributed by atoms with Crippen molar-refractivity contribution in [1.29, 1.82) is 0 Å². The molecule has 0 spiro atoms. The average molecular weight is 2040 g/mol. The van der Waals surface area contributed by atoms with Crippen molar-refractivity contribution in [1.82, 2.24) is 52.8 Å². The molecule has 23 atom stereocenters. The number of hydrogen-bond donors (Lipinski definition) is 24. The van der Waals surface area contributed by atoms with Crippen LogP contribution in [-0.2, 0) is 81.6 Å². The molecular weight excluding hydrogens is 1930 g/mol. The van der Waals surface area contributed by atoms with E-state index in [0.717, 1.165) is 78.4 Å². The Balaban J connectivity index is 0.893. The van der Waals surface area contributed by atoms with Gasteiger partial charge in [-0.3, -0.25) is 43.3 Å². The number of nitrogens with two attached hydrogens (primary N) is 2. The summed E-state index contributed by atoms with van der Waals surface area (Å²) >= 11 is 14.6. The molecule has 8 aliphatic rings. The second kappa shape index (κ2) is 45.0. The number of alkyl halides is 3. The summed E-state index contributed by atoms with van der Waals surface area (Å²) in [5, 5.41) is 168. The number of aliphatic hydroxyl groups excluding tert-OH is 8. The van der Waals surface area contributed by atoms with Gasteiger partial charge in [0.15, 0.2) is 30.1 Å². The smallest absolute Gasteiger partial charge is 0.507 e. The lowest BCUT2D eigenvalue weighted by atomic mass is 9.86. The van der Waals surface area contributed by atoms with Crippen molar-refractivity contribution in [3.63, 3.8) is 0 Å². The molecule has 3 saturated heterocycles. The zero-order valence-electron chi connectivity index (χ0n) is 76.7. The lowest BCUT2D eigenvalue weighted by Gasteiger charge is -2.46. The highest BCUT2D eigenvalue weighted by Crippen LogP contribution is 2.51. The fraction of sp³-hybridized carbons (Fsp3) is 0.411. The molecule has 8 aromatic rings. The van der Waals surface area contributed by atoms with Gasteiger partial charge in [-0.25, -0.2) is 4.79 Å². The number of nitrogens with one attached hydrogen (secondary N) is 10. The highest BCUT2D eigenvalue weighted by molar-refractivity contribution is 6.32. The molecule has 766 valence electrons. The number of aliphatic carboxylic acids is 1. The Morgan fingerprint density at radius 2 is 1.31 bits per heavy atom. The molecule has 48 heteroatoms. The summed E-state index contributed by atoms with van der Waals surface area (Å²) in [6, 6.07) is 11.6. The fourth-order valence-electron chi connectivity index (χ4n) is 17.4. The first-order valence-corrected chi connectivity index (χ1v) is 45.8. The molecule has 3 unspecified atom stereocenters. The molecule has 11 bridgehead atoms. The number of carbonyl (C=O) groups is 9. The maximum Gasteiger partial charge on any atom is 0.573 e. The van der Waals surface area contributed by atoms with Crippen molar-refractivity contribution in [3.05, 3.63) is 206 Å². The number of primary amides is 1. The summed E-state index contributed by atoms with van der Waals surface area (Å²) < 4.78 is 94.5. The minimum absolute atomic E-state index is 0.0607. The Hall–Kier alpha value is -12.8. The number of phenolic OH excluding ortho intramolecular Hbond substituents is 3. The summed E-state index contributed by atoms with van der Waals surface area (Å²) in [6.45, 7) is 4.69. The Bertz CT molecular complexity index is 6060. The van der Waals surface area contributed by atoms with E-state index in [9.17, 15) is 93.6 Å². The van der Waals surface area contributed by atoms with Gasteiger partial charge in [-0.1, -0.05) is 73.4 Å². The maximum absolute atomic E-state index is 16.7. The van der Waals surface area contributed by atoms with Crippen molar-refractivity contribution in [2.45, 2.75) is 213 Å². The lowest BCUT2D eigenvalue weighted by Crippen LogP contribution is -2.65. The van der Waals surface area contributed by atoms with Crippen LogP contribution in [0.1, 0.15) is 132 Å². The van der Waals surface area contributed by atoms with Crippen molar-refractivity contribution in [2.75, 3.05) is 32.1 Å². The van der Waals surface area contributed by atoms with Crippen LogP contribution in [0.4, 0.5) is 18.9 Å². The second-order valence-electron chi connectivity index (χ2n) is 35.7. The number of benzene rings is 7. The minimum Gasteiger partial charge on any atom is -0.507 e. The first kappa shape index (κ1) is 106. The number of nitrogens with zero attached hydrogens (tertiary/aromatic N) is 1. The van der Waals surface area contributed by atoms with Crippen LogP contribution >= 0.6 is 23.2 Å². The molecule has 9 heterocycles. The summed E-state index contributed by atoms with van der Waals surface area (Å²) in [6.07, 6.45) is -32.1. The standard InChI is InChI=1S/C95H106Cl2F3N13O30/c1-39(2)24-55(103-5)85(127)112-71-73(118)44-13-16-59(53(96)28-44)136-61-30-47-31-62(81(61)141-93-79(124)77(122)82(64(38-114)139-93)142-92-78(123)76(121)75(120)63(138-92)37-106-35-42-8-6-10-48(25-42)107-84(126)46-9-7-11-49(26-46)143-95(98,99)100)137-60-17-14-45(29-54(60)97)80(140-66-34-94(4,102)83(125)40(3)135-66)72-90(132)111-70(91(133)134)51-32-58(116)52(36-105-23-20-41-18-21-104-22-19-41)74(119)67(51)50-27-43(12-15-57(50)115)68(87(129)113-72)110-88(130)69(47)109-86(128)56(33-65(101)117)108-89(71)131/h6-19,21-22,25-32,39-40,55-56,63-64,66,68-73,75-80,82-83,92-93,103,105-106,114-116,118-125H,20,23-24,33-38,102H2,1-5H3,(H2,101,117)(H,107,126)(H,108,131)(H,109,128)(H,110,130)(H,111,132)(H,112,127)(H,113,129)(H,133,134)/t40-,55+,56?,63+,64+,66-,68+,69+,70?,71?,72-,73+,75-,76-,77+,78+,79+,80+,82+,83-,92-,93-,94-/m0/s1. The number of carboxylic acid groups (broad SMARTS) is 1. The Morgan fingerprint density at radius 1 is 0.657 bits per heavy atom. The number of halogens is 5. The molecule has 26 N–H and O–H groups in total. The Morgan fingerprint density at radius 3 is 1.97 bits per heavy atom. The van der Waals surface area contributed by atoms with Crippen LogP contribution in [0.15, 0.2) is 146 Å². The normalized spacial score (nSPS) is 27.5. The van der Waals surface area contributed by atoms with Crippen LogP contribution < -0.4 is 83.6 Å². The first-order valence-electron chi connectivity index (χ1n) is 45.1. The summed E-state index contributed by atoms with van der Waals surface area (Å²) in [5.41, 5.74) is 8.81. The number of ether oxygens (including phenoxy) is 9. The van der Waals surface area contributed by atoms with Crippen LogP contribution in [0, 0.1) is 5.92 Å². The highest BCUT2D eigenvalue weighted by Gasteiger charge is 2.54. The number of amides is 8. The summed E-state index contributed by atoms with van der Waals surface area (Å²) in [5.74, 6) is -18.7. The Kier molecular flexibility index (Phi) is 33.4. The molecule has 0 aliphatic carbocycles. The molecule has 8 amide bonds. The van der Waals surface area contributed by atoms with E-state index in [4.69, 9.17) is 72.6 Å². The van der Waals surface area contributed by atoms with E-state index in [1.54, 1.807) is 44.4 Å². The summed E-state index contributed by atoms with van der Waals surface area (Å²) in [4.78, 5) is 139. The number of anilines is 1. The Labute approximate surface area is 822 Å². The van der Waals surface area contributed by atoms with Gasteiger partial charge in [0.05, 0.1) is 46.9 Å². The molecule has 1 aromatic heterocycles. The zero-order chi connectivity index (χ0) is 103. The second-order valence-corrected chi connectivity index (χ2v) is 36.6. The molecule has 0 saturated carbocycles. The van der Waals surface area contributed by atoms with Gasteiger partial charge in [-0.15, -0.1) is 13.2 Å². The van der Waals surface area contributed by atoms with Gasteiger partial charge in [0, 0.05) is 71.9 Å². The number of phenols is 3. The van der Waals surface area contributed by atoms with E-state index in [-0.39, 0.29) is 66.5 Å². The van der Waals surface area contributed by atoms with Crippen LogP contribution in [0.5, 0.6) is 51.7 Å². The average Bonchev–Trinajstić information content (AvgIpc) is 0.765. The van der Waals surface area contributed by atoms with E-state index in [0.29, 0.717) is 12.0 Å². The van der Waals surface area contributed by atoms with E-state index in [2.05, 4.69) is 62.9 Å². The van der Waals surface area contributed by atoms with Crippen LogP contribution in [0.2, 0.25) is 10.0 Å². The number of likely N-dealkylation sites (N-methyl/N-ethyl adjacent to an activating group) is 1. The topological polar surface area (TPSA) is 665 Å². The molecule has 43 nitrogen and oxygen atoms in total. The number of carbonyl (C=O) groups excluding carboxylic acids is 8. The number of fused-ring (bicyclic) bond motifs is 15. The van der Waals surface area contributed by atoms with Crippen LogP contribution in [0.3, 0.4) is 0 Å². The molecule has 8 aliphatic heterocycles. The summed E-state index contributed by atoms with van der Waals surface area (Å²) in [7, 11) is 1.45. The largest absolute Gasteiger partial charge is 0.573 e. The van der Waals surface area contributed by atoms with Crippen molar-refractivity contribution >= 4 is 82.1 Å². The minimum atomic E-state index is -5.04. The number of hydrogen-bond acceptors (Lipinski definition) is 34. The number of aliphatic hydroxyl groups is 8. The molecule has 0 radical (unpaired) electrons. The molecule has 16 rings (SSSR count). The van der Waals surface area contributed by atoms with E-state index in [1.807, 2.05) is 0 Å². The van der Waals surface area contributed by atoms with Gasteiger partial charge in [-0.2, -0.15) is 0 Å². The molecule has 143 heavy (non-hydrogen) atoms. The predicted octanol–water partition coefficient (Wildman–Crippen LogP) is 2.61. The highest BCUT2D eigenvalue weighted by atomic mass is 35.5. The fourth-order valence-corrected chi connectivity index (χ4v) is 17.8.